The molecule has 0 saturated carbocycles. The molecule has 94 valence electrons. The molecule has 16 heavy (non-hydrogen) atoms. The summed E-state index contributed by atoms with van der Waals surface area (Å²) in [5.41, 5.74) is 0. The van der Waals surface area contributed by atoms with E-state index in [0.717, 1.165) is 45.8 Å². The Morgan fingerprint density at radius 3 is 2.50 bits per heavy atom. The van der Waals surface area contributed by atoms with Gasteiger partial charge in [0, 0.05) is 26.1 Å². The van der Waals surface area contributed by atoms with Crippen LogP contribution in [0.4, 0.5) is 0 Å². The Hall–Kier alpha value is -0.160. The smallest absolute Gasteiger partial charge is 0.158 e. The molecular formula is C12H23NO3. The molecule has 2 aliphatic rings. The van der Waals surface area contributed by atoms with Crippen LogP contribution in [0.25, 0.3) is 0 Å². The lowest BCUT2D eigenvalue weighted by molar-refractivity contribution is -0.182. The molecule has 0 bridgehead atoms. The van der Waals surface area contributed by atoms with E-state index in [4.69, 9.17) is 14.2 Å². The van der Waals surface area contributed by atoms with Gasteiger partial charge in [-0.05, 0) is 26.3 Å². The van der Waals surface area contributed by atoms with Crippen molar-refractivity contribution in [3.05, 3.63) is 0 Å². The molecule has 0 radical (unpaired) electrons. The summed E-state index contributed by atoms with van der Waals surface area (Å²) in [6, 6.07) is 0. The van der Waals surface area contributed by atoms with E-state index in [1.807, 2.05) is 0 Å². The minimum absolute atomic E-state index is 0.0145. The summed E-state index contributed by atoms with van der Waals surface area (Å²) in [5.74, 6) is 0. The molecule has 2 rings (SSSR count). The van der Waals surface area contributed by atoms with Crippen molar-refractivity contribution in [2.75, 3.05) is 40.0 Å². The molecule has 2 aliphatic heterocycles. The molecule has 4 heteroatoms. The zero-order valence-corrected chi connectivity index (χ0v) is 10.2. The van der Waals surface area contributed by atoms with Crippen molar-refractivity contribution in [1.82, 2.24) is 4.90 Å². The van der Waals surface area contributed by atoms with Gasteiger partial charge >= 0.3 is 0 Å². The minimum Gasteiger partial charge on any atom is -0.377 e. The number of likely N-dealkylation sites (N-methyl/N-ethyl adjacent to an activating group) is 1. The number of nitrogens with zero attached hydrogens (tertiary/aromatic N) is 1. The summed E-state index contributed by atoms with van der Waals surface area (Å²) in [6.45, 7) is 4.69. The van der Waals surface area contributed by atoms with Gasteiger partial charge in [0.25, 0.3) is 0 Å². The molecule has 2 heterocycles. The summed E-state index contributed by atoms with van der Waals surface area (Å²) in [5, 5.41) is 0. The maximum atomic E-state index is 5.61. The summed E-state index contributed by atoms with van der Waals surface area (Å²) in [7, 11) is 2.14. The normalized spacial score (nSPS) is 27.8. The fourth-order valence-corrected chi connectivity index (χ4v) is 2.26. The van der Waals surface area contributed by atoms with Crippen LogP contribution in [0, 0.1) is 0 Å². The SMILES string of the molecule is CN(CCC1OCCCO1)CC1CCCO1. The number of rotatable bonds is 5. The molecule has 2 saturated heterocycles. The van der Waals surface area contributed by atoms with Crippen LogP contribution < -0.4 is 0 Å². The van der Waals surface area contributed by atoms with E-state index in [2.05, 4.69) is 11.9 Å². The third-order valence-electron chi connectivity index (χ3n) is 3.18. The third-order valence-corrected chi connectivity index (χ3v) is 3.18. The van der Waals surface area contributed by atoms with E-state index in [-0.39, 0.29) is 6.29 Å². The van der Waals surface area contributed by atoms with Crippen molar-refractivity contribution in [1.29, 1.82) is 0 Å². The summed E-state index contributed by atoms with van der Waals surface area (Å²) < 4.78 is 16.6. The fourth-order valence-electron chi connectivity index (χ4n) is 2.26. The quantitative estimate of drug-likeness (QED) is 0.710. The monoisotopic (exact) mass is 229 g/mol. The van der Waals surface area contributed by atoms with Crippen LogP contribution in [0.3, 0.4) is 0 Å². The van der Waals surface area contributed by atoms with Gasteiger partial charge in [-0.2, -0.15) is 0 Å². The Balaban J connectivity index is 1.57. The second kappa shape index (κ2) is 6.55. The van der Waals surface area contributed by atoms with Gasteiger partial charge in [-0.25, -0.2) is 0 Å². The predicted molar refractivity (Wildman–Crippen MR) is 61.4 cm³/mol. The van der Waals surface area contributed by atoms with E-state index in [1.165, 1.54) is 12.8 Å². The van der Waals surface area contributed by atoms with E-state index in [0.29, 0.717) is 6.10 Å². The minimum atomic E-state index is 0.0145. The van der Waals surface area contributed by atoms with Crippen molar-refractivity contribution in [2.24, 2.45) is 0 Å². The first-order chi connectivity index (χ1) is 7.84. The van der Waals surface area contributed by atoms with Crippen molar-refractivity contribution in [3.63, 3.8) is 0 Å². The number of hydrogen-bond acceptors (Lipinski definition) is 4. The second-order valence-electron chi connectivity index (χ2n) is 4.71. The van der Waals surface area contributed by atoms with Gasteiger partial charge in [0.05, 0.1) is 19.3 Å². The van der Waals surface area contributed by atoms with Gasteiger partial charge in [0.15, 0.2) is 6.29 Å². The molecule has 0 spiro atoms. The van der Waals surface area contributed by atoms with Crippen molar-refractivity contribution >= 4 is 0 Å². The number of ether oxygens (including phenoxy) is 3. The Kier molecular flexibility index (Phi) is 5.03. The Labute approximate surface area is 97.8 Å². The third kappa shape index (κ3) is 4.01. The zero-order chi connectivity index (χ0) is 11.2. The first-order valence-corrected chi connectivity index (χ1v) is 6.38. The van der Waals surface area contributed by atoms with Crippen LogP contribution in [-0.4, -0.2) is 57.3 Å². The number of hydrogen-bond donors (Lipinski definition) is 0. The second-order valence-corrected chi connectivity index (χ2v) is 4.71. The van der Waals surface area contributed by atoms with Gasteiger partial charge in [-0.15, -0.1) is 0 Å². The Morgan fingerprint density at radius 2 is 1.81 bits per heavy atom. The average molecular weight is 229 g/mol. The summed E-state index contributed by atoms with van der Waals surface area (Å²) in [4.78, 5) is 2.32. The van der Waals surface area contributed by atoms with Crippen molar-refractivity contribution in [2.45, 2.75) is 38.1 Å². The Bertz CT molecular complexity index is 189. The van der Waals surface area contributed by atoms with Gasteiger partial charge in [0.1, 0.15) is 0 Å². The maximum absolute atomic E-state index is 5.61. The topological polar surface area (TPSA) is 30.9 Å². The standard InChI is InChI=1S/C12H23NO3/c1-13(10-11-4-2-7-14-11)6-5-12-15-8-3-9-16-12/h11-12H,2-10H2,1H3. The molecule has 2 fully saturated rings. The van der Waals surface area contributed by atoms with E-state index >= 15 is 0 Å². The highest BCUT2D eigenvalue weighted by Gasteiger charge is 2.19. The van der Waals surface area contributed by atoms with Crippen molar-refractivity contribution in [3.8, 4) is 0 Å². The van der Waals surface area contributed by atoms with Gasteiger partial charge in [-0.3, -0.25) is 0 Å². The van der Waals surface area contributed by atoms with E-state index in [1.54, 1.807) is 0 Å². The largest absolute Gasteiger partial charge is 0.377 e. The molecular weight excluding hydrogens is 206 g/mol. The van der Waals surface area contributed by atoms with E-state index in [9.17, 15) is 0 Å². The zero-order valence-electron chi connectivity index (χ0n) is 10.2. The predicted octanol–water partition coefficient (Wildman–Crippen LogP) is 1.25. The molecule has 0 N–H and O–H groups in total. The van der Waals surface area contributed by atoms with Crippen molar-refractivity contribution < 1.29 is 14.2 Å². The lowest BCUT2D eigenvalue weighted by Crippen LogP contribution is -2.33. The highest BCUT2D eigenvalue weighted by atomic mass is 16.7. The summed E-state index contributed by atoms with van der Waals surface area (Å²) in [6.07, 6.45) is 4.87. The van der Waals surface area contributed by atoms with Crippen LogP contribution in [0.5, 0.6) is 0 Å². The highest BCUT2D eigenvalue weighted by Crippen LogP contribution is 2.14. The van der Waals surface area contributed by atoms with Crippen LogP contribution in [0.2, 0.25) is 0 Å². The first kappa shape index (κ1) is 12.3. The lowest BCUT2D eigenvalue weighted by Gasteiger charge is -2.26. The molecule has 1 atom stereocenters. The molecule has 1 unspecified atom stereocenters. The molecule has 0 amide bonds. The van der Waals surface area contributed by atoms with Crippen LogP contribution >= 0.6 is 0 Å². The molecule has 0 aromatic heterocycles. The van der Waals surface area contributed by atoms with Gasteiger partial charge < -0.3 is 19.1 Å². The van der Waals surface area contributed by atoms with Gasteiger partial charge in [0.2, 0.25) is 0 Å². The van der Waals surface area contributed by atoms with Gasteiger partial charge in [-0.1, -0.05) is 0 Å². The van der Waals surface area contributed by atoms with Crippen LogP contribution in [-0.2, 0) is 14.2 Å². The first-order valence-electron chi connectivity index (χ1n) is 6.38. The molecule has 0 aromatic carbocycles. The average Bonchev–Trinajstić information content (AvgIpc) is 2.81. The summed E-state index contributed by atoms with van der Waals surface area (Å²) >= 11 is 0. The lowest BCUT2D eigenvalue weighted by atomic mass is 10.2. The van der Waals surface area contributed by atoms with Crippen LogP contribution in [0.1, 0.15) is 25.7 Å². The molecule has 0 aliphatic carbocycles. The van der Waals surface area contributed by atoms with E-state index < -0.39 is 0 Å². The Morgan fingerprint density at radius 1 is 1.06 bits per heavy atom. The highest BCUT2D eigenvalue weighted by molar-refractivity contribution is 4.69. The maximum Gasteiger partial charge on any atom is 0.158 e. The fraction of sp³-hybridized carbons (Fsp3) is 1.00. The molecule has 4 nitrogen and oxygen atoms in total. The van der Waals surface area contributed by atoms with Crippen LogP contribution in [0.15, 0.2) is 0 Å². The molecule has 0 aromatic rings.